The molecule has 0 aromatic heterocycles. The van der Waals surface area contributed by atoms with Gasteiger partial charge in [-0.3, -0.25) is 9.59 Å². The Morgan fingerprint density at radius 1 is 0.882 bits per heavy atom. The van der Waals surface area contributed by atoms with Crippen molar-refractivity contribution in [2.24, 2.45) is 0 Å². The van der Waals surface area contributed by atoms with Crippen LogP contribution in [0.1, 0.15) is 77.1 Å². The van der Waals surface area contributed by atoms with Gasteiger partial charge in [-0.1, -0.05) is 26.0 Å². The van der Waals surface area contributed by atoms with Gasteiger partial charge in [0, 0.05) is 43.4 Å². The Morgan fingerprint density at radius 3 is 2.00 bits per heavy atom. The van der Waals surface area contributed by atoms with Gasteiger partial charge < -0.3 is 35.6 Å². The molecular formula is C36H44F5N3O7. The summed E-state index contributed by atoms with van der Waals surface area (Å²) in [5.41, 5.74) is 1.93. The fourth-order valence-corrected chi connectivity index (χ4v) is 4.99. The van der Waals surface area contributed by atoms with E-state index >= 15 is 0 Å². The molecule has 0 heterocycles. The van der Waals surface area contributed by atoms with Crippen molar-refractivity contribution < 1.29 is 56.4 Å². The van der Waals surface area contributed by atoms with Crippen LogP contribution in [0.5, 0.6) is 5.75 Å². The van der Waals surface area contributed by atoms with Crippen molar-refractivity contribution in [2.45, 2.75) is 71.0 Å². The van der Waals surface area contributed by atoms with Gasteiger partial charge in [0.1, 0.15) is 17.4 Å². The van der Waals surface area contributed by atoms with Gasteiger partial charge in [-0.15, -0.1) is 0 Å². The normalized spacial score (nSPS) is 12.9. The summed E-state index contributed by atoms with van der Waals surface area (Å²) in [5.74, 6) is -4.47. The number of ether oxygens (including phenoxy) is 1. The first kappa shape index (κ1) is 42.6. The Balaban J connectivity index is 0.00000116. The Morgan fingerprint density at radius 2 is 1.47 bits per heavy atom. The Hall–Kier alpha value is -4.60. The fourth-order valence-electron chi connectivity index (χ4n) is 4.99. The molecule has 0 aliphatic heterocycles. The first-order valence-corrected chi connectivity index (χ1v) is 16.2. The predicted molar refractivity (Wildman–Crippen MR) is 179 cm³/mol. The topological polar surface area (TPSA) is 148 Å². The van der Waals surface area contributed by atoms with Gasteiger partial charge in [0.2, 0.25) is 0 Å². The number of aliphatic carboxylic acids is 1. The van der Waals surface area contributed by atoms with E-state index in [0.29, 0.717) is 30.9 Å². The average Bonchev–Trinajstić information content (AvgIpc) is 3.06. The van der Waals surface area contributed by atoms with Crippen LogP contribution in [0, 0.1) is 11.6 Å². The number of aliphatic hydroxyl groups excluding tert-OH is 2. The standard InChI is InChI=1S/C34H43F2N3O5.C2HF3O2/c1-5-10-39(11-6-2)34(43)27-17-25(22(3)40)16-26(18-27)33(42)38-31(15-24-12-28(35)19-29(36)13-24)32(41)21-37-20-23-8-7-9-30(14-23)44-4;3-2(4,5)1(6)7/h7-9,12-14,16-19,22,31-32,37,40-41H,5-6,10-11,15,20-21H2,1-4H3,(H,38,42);(H,6,7)/t22?,31-,32+;/m0./s1. The highest BCUT2D eigenvalue weighted by atomic mass is 19.4. The van der Waals surface area contributed by atoms with E-state index in [9.17, 15) is 41.8 Å². The maximum absolute atomic E-state index is 14.0. The molecule has 1 unspecified atom stereocenters. The lowest BCUT2D eigenvalue weighted by Gasteiger charge is -2.26. The van der Waals surface area contributed by atoms with Gasteiger partial charge in [0.25, 0.3) is 11.8 Å². The molecule has 0 spiro atoms. The second-order valence-electron chi connectivity index (χ2n) is 11.7. The Kier molecular flexibility index (Phi) is 16.9. The lowest BCUT2D eigenvalue weighted by Crippen LogP contribution is -2.48. The zero-order valence-electron chi connectivity index (χ0n) is 28.8. The molecule has 15 heteroatoms. The number of carboxylic acids is 1. The second-order valence-corrected chi connectivity index (χ2v) is 11.7. The van der Waals surface area contributed by atoms with Crippen molar-refractivity contribution in [3.8, 4) is 5.75 Å². The lowest BCUT2D eigenvalue weighted by molar-refractivity contribution is -0.192. The van der Waals surface area contributed by atoms with Gasteiger partial charge in [-0.25, -0.2) is 13.6 Å². The molecule has 3 aromatic carbocycles. The summed E-state index contributed by atoms with van der Waals surface area (Å²) >= 11 is 0. The number of carbonyl (C=O) groups is 3. The van der Waals surface area contributed by atoms with E-state index < -0.39 is 47.9 Å². The van der Waals surface area contributed by atoms with Gasteiger partial charge in [0.15, 0.2) is 0 Å². The van der Waals surface area contributed by atoms with Crippen LogP contribution < -0.4 is 15.4 Å². The van der Waals surface area contributed by atoms with Crippen molar-refractivity contribution in [3.05, 3.63) is 100 Å². The summed E-state index contributed by atoms with van der Waals surface area (Å²) < 4.78 is 65.0. The number of amides is 2. The maximum Gasteiger partial charge on any atom is 0.490 e. The van der Waals surface area contributed by atoms with Crippen molar-refractivity contribution in [2.75, 3.05) is 26.7 Å². The van der Waals surface area contributed by atoms with E-state index in [-0.39, 0.29) is 35.6 Å². The van der Waals surface area contributed by atoms with E-state index in [4.69, 9.17) is 14.6 Å². The molecule has 0 saturated carbocycles. The number of alkyl halides is 3. The molecular weight excluding hydrogens is 681 g/mol. The van der Waals surface area contributed by atoms with E-state index in [0.717, 1.165) is 36.6 Å². The number of halogens is 5. The summed E-state index contributed by atoms with van der Waals surface area (Å²) in [6.07, 6.45) is -5.72. The van der Waals surface area contributed by atoms with Crippen LogP contribution in [-0.4, -0.2) is 83.1 Å². The monoisotopic (exact) mass is 725 g/mol. The molecule has 0 saturated heterocycles. The first-order valence-electron chi connectivity index (χ1n) is 16.2. The third kappa shape index (κ3) is 14.3. The first-order chi connectivity index (χ1) is 24.0. The molecule has 0 fully saturated rings. The molecule has 280 valence electrons. The summed E-state index contributed by atoms with van der Waals surface area (Å²) in [4.78, 5) is 37.6. The number of methoxy groups -OCH3 is 1. The molecule has 0 bridgehead atoms. The predicted octanol–water partition coefficient (Wildman–Crippen LogP) is 5.41. The number of benzene rings is 3. The van der Waals surface area contributed by atoms with Crippen LogP contribution in [0.15, 0.2) is 60.7 Å². The van der Waals surface area contributed by atoms with E-state index in [1.807, 2.05) is 38.1 Å². The van der Waals surface area contributed by atoms with E-state index in [2.05, 4.69) is 10.6 Å². The highest BCUT2D eigenvalue weighted by Gasteiger charge is 2.38. The van der Waals surface area contributed by atoms with Gasteiger partial charge in [0.05, 0.1) is 25.4 Å². The maximum atomic E-state index is 14.0. The third-order valence-corrected chi connectivity index (χ3v) is 7.44. The zero-order chi connectivity index (χ0) is 38.3. The number of carboxylic acid groups (broad SMARTS) is 1. The number of nitrogens with one attached hydrogen (secondary N) is 2. The zero-order valence-corrected chi connectivity index (χ0v) is 28.8. The molecule has 51 heavy (non-hydrogen) atoms. The number of rotatable bonds is 16. The molecule has 3 atom stereocenters. The quantitative estimate of drug-likeness (QED) is 0.123. The van der Waals surface area contributed by atoms with Crippen molar-refractivity contribution in [1.29, 1.82) is 0 Å². The summed E-state index contributed by atoms with van der Waals surface area (Å²) in [6.45, 7) is 7.05. The third-order valence-electron chi connectivity index (χ3n) is 7.44. The molecule has 3 rings (SSSR count). The summed E-state index contributed by atoms with van der Waals surface area (Å²) in [5, 5.41) is 34.6. The molecule has 0 radical (unpaired) electrons. The fraction of sp³-hybridized carbons (Fsp3) is 0.417. The Labute approximate surface area is 293 Å². The average molecular weight is 726 g/mol. The highest BCUT2D eigenvalue weighted by molar-refractivity contribution is 6.00. The minimum atomic E-state index is -5.08. The molecule has 10 nitrogen and oxygen atoms in total. The summed E-state index contributed by atoms with van der Waals surface area (Å²) in [6, 6.07) is 14.1. The molecule has 0 aliphatic rings. The van der Waals surface area contributed by atoms with Gasteiger partial charge >= 0.3 is 12.1 Å². The second kappa shape index (κ2) is 20.3. The smallest absolute Gasteiger partial charge is 0.490 e. The van der Waals surface area contributed by atoms with Crippen LogP contribution in [-0.2, 0) is 17.8 Å². The SMILES string of the molecule is CCCN(CCC)C(=O)c1cc(C(=O)N[C@@H](Cc2cc(F)cc(F)c2)[C@H](O)CNCc2cccc(OC)c2)cc(C(C)O)c1.O=C(O)C(F)(F)F. The number of hydrogen-bond acceptors (Lipinski definition) is 7. The number of carbonyl (C=O) groups excluding carboxylic acids is 2. The lowest BCUT2D eigenvalue weighted by atomic mass is 9.98. The minimum absolute atomic E-state index is 0.0560. The largest absolute Gasteiger partial charge is 0.497 e. The number of hydrogen-bond donors (Lipinski definition) is 5. The van der Waals surface area contributed by atoms with Crippen molar-refractivity contribution in [3.63, 3.8) is 0 Å². The minimum Gasteiger partial charge on any atom is -0.497 e. The van der Waals surface area contributed by atoms with E-state index in [1.165, 1.54) is 12.1 Å². The van der Waals surface area contributed by atoms with E-state index in [1.54, 1.807) is 25.0 Å². The van der Waals surface area contributed by atoms with Crippen molar-refractivity contribution in [1.82, 2.24) is 15.5 Å². The van der Waals surface area contributed by atoms with Crippen LogP contribution in [0.2, 0.25) is 0 Å². The van der Waals surface area contributed by atoms with Gasteiger partial charge in [-0.05, 0) is 85.3 Å². The van der Waals surface area contributed by atoms with Crippen LogP contribution >= 0.6 is 0 Å². The van der Waals surface area contributed by atoms with Crippen LogP contribution in [0.3, 0.4) is 0 Å². The molecule has 2 amide bonds. The number of nitrogens with zero attached hydrogens (tertiary/aromatic N) is 1. The Bertz CT molecular complexity index is 1580. The number of aliphatic hydroxyl groups is 2. The van der Waals surface area contributed by atoms with Crippen LogP contribution in [0.25, 0.3) is 0 Å². The van der Waals surface area contributed by atoms with Gasteiger partial charge in [-0.2, -0.15) is 13.2 Å². The van der Waals surface area contributed by atoms with Crippen LogP contribution in [0.4, 0.5) is 22.0 Å². The molecule has 0 aliphatic carbocycles. The molecule has 5 N–H and O–H groups in total. The highest BCUT2D eigenvalue weighted by Crippen LogP contribution is 2.20. The summed E-state index contributed by atoms with van der Waals surface area (Å²) in [7, 11) is 1.57. The molecule has 3 aromatic rings. The van der Waals surface area contributed by atoms with Crippen molar-refractivity contribution >= 4 is 17.8 Å².